The second kappa shape index (κ2) is 10.1. The second-order valence-corrected chi connectivity index (χ2v) is 7.56. The minimum atomic E-state index is -0.749. The first-order valence-corrected chi connectivity index (χ1v) is 10.3. The minimum Gasteiger partial charge on any atom is -0.494 e. The van der Waals surface area contributed by atoms with E-state index in [0.717, 1.165) is 17.7 Å². The molecule has 1 aliphatic heterocycles. The van der Waals surface area contributed by atoms with E-state index in [0.29, 0.717) is 39.1 Å². The number of rotatable bonds is 8. The van der Waals surface area contributed by atoms with Gasteiger partial charge in [-0.3, -0.25) is 14.3 Å². The summed E-state index contributed by atoms with van der Waals surface area (Å²) < 4.78 is 12.9. The predicted octanol–water partition coefficient (Wildman–Crippen LogP) is 3.07. The molecule has 1 aliphatic rings. The molecule has 30 heavy (non-hydrogen) atoms. The molecule has 0 radical (unpaired) electrons. The zero-order chi connectivity index (χ0) is 21.4. The smallest absolute Gasteiger partial charge is 0.314 e. The van der Waals surface area contributed by atoms with E-state index < -0.39 is 5.41 Å². The van der Waals surface area contributed by atoms with Gasteiger partial charge in [0.25, 0.3) is 0 Å². The van der Waals surface area contributed by atoms with Crippen LogP contribution in [0, 0.1) is 5.41 Å². The maximum Gasteiger partial charge on any atom is 0.314 e. The topological polar surface area (TPSA) is 73.7 Å². The molecular formula is C23H29N3O4. The summed E-state index contributed by atoms with van der Waals surface area (Å²) in [5.41, 5.74) is 0.108. The van der Waals surface area contributed by atoms with Crippen molar-refractivity contribution in [1.29, 1.82) is 0 Å². The summed E-state index contributed by atoms with van der Waals surface area (Å²) >= 11 is 0. The average molecular weight is 412 g/mol. The van der Waals surface area contributed by atoms with Gasteiger partial charge in [0, 0.05) is 38.0 Å². The van der Waals surface area contributed by atoms with Crippen LogP contribution in [0.15, 0.2) is 48.8 Å². The first-order chi connectivity index (χ1) is 14.5. The summed E-state index contributed by atoms with van der Waals surface area (Å²) in [5, 5.41) is 4.10. The summed E-state index contributed by atoms with van der Waals surface area (Å²) in [6.45, 7) is 3.46. The lowest BCUT2D eigenvalue weighted by Crippen LogP contribution is -2.50. The van der Waals surface area contributed by atoms with Gasteiger partial charge in [0.1, 0.15) is 5.75 Å². The van der Waals surface area contributed by atoms with E-state index in [2.05, 4.69) is 5.10 Å². The first kappa shape index (κ1) is 21.6. The van der Waals surface area contributed by atoms with Crippen LogP contribution < -0.4 is 4.74 Å². The van der Waals surface area contributed by atoms with Crippen molar-refractivity contribution >= 4 is 18.0 Å². The molecule has 1 amide bonds. The number of aromatic nitrogens is 2. The summed E-state index contributed by atoms with van der Waals surface area (Å²) in [7, 11) is 1.83. The number of para-hydroxylation sites is 1. The Morgan fingerprint density at radius 3 is 2.77 bits per heavy atom. The van der Waals surface area contributed by atoms with Crippen molar-refractivity contribution in [3.63, 3.8) is 0 Å². The molecular weight excluding hydrogens is 382 g/mol. The third-order valence-corrected chi connectivity index (χ3v) is 5.33. The van der Waals surface area contributed by atoms with Gasteiger partial charge in [-0.15, -0.1) is 0 Å². The molecule has 0 N–H and O–H groups in total. The van der Waals surface area contributed by atoms with Crippen molar-refractivity contribution in [3.05, 3.63) is 54.4 Å². The molecule has 1 aromatic heterocycles. The van der Waals surface area contributed by atoms with Crippen LogP contribution in [0.2, 0.25) is 0 Å². The summed E-state index contributed by atoms with van der Waals surface area (Å²) in [4.78, 5) is 27.4. The van der Waals surface area contributed by atoms with Crippen LogP contribution in [0.25, 0.3) is 6.08 Å². The first-order valence-electron chi connectivity index (χ1n) is 10.3. The SMILES string of the molecule is CCOC(=O)[C@]1(CCOc2ccccc2)CCCN(C(=O)/C=C/c2cnn(C)c2)C1. The van der Waals surface area contributed by atoms with Crippen LogP contribution in [0.1, 0.15) is 31.7 Å². The fourth-order valence-electron chi connectivity index (χ4n) is 3.76. The highest BCUT2D eigenvalue weighted by atomic mass is 16.5. The normalized spacial score (nSPS) is 19.1. The number of likely N-dealkylation sites (tertiary alicyclic amines) is 1. The lowest BCUT2D eigenvalue weighted by molar-refractivity contribution is -0.161. The molecule has 0 unspecified atom stereocenters. The molecule has 1 fully saturated rings. The number of esters is 1. The van der Waals surface area contributed by atoms with Crippen molar-refractivity contribution in [2.24, 2.45) is 12.5 Å². The molecule has 7 nitrogen and oxygen atoms in total. The zero-order valence-electron chi connectivity index (χ0n) is 17.6. The Morgan fingerprint density at radius 2 is 2.07 bits per heavy atom. The maximum absolute atomic E-state index is 12.9. The van der Waals surface area contributed by atoms with Crippen LogP contribution in [0.4, 0.5) is 0 Å². The maximum atomic E-state index is 12.9. The number of carbonyl (C=O) groups is 2. The van der Waals surface area contributed by atoms with Crippen molar-refractivity contribution in [3.8, 4) is 5.75 Å². The van der Waals surface area contributed by atoms with E-state index in [1.807, 2.05) is 43.6 Å². The van der Waals surface area contributed by atoms with E-state index >= 15 is 0 Å². The lowest BCUT2D eigenvalue weighted by Gasteiger charge is -2.40. The Kier molecular flexibility index (Phi) is 7.27. The van der Waals surface area contributed by atoms with Gasteiger partial charge in [0.05, 0.1) is 24.8 Å². The molecule has 0 saturated carbocycles. The van der Waals surface area contributed by atoms with E-state index in [-0.39, 0.29) is 11.9 Å². The monoisotopic (exact) mass is 411 g/mol. The highest BCUT2D eigenvalue weighted by Crippen LogP contribution is 2.35. The molecule has 160 valence electrons. The molecule has 0 aliphatic carbocycles. The number of hydrogen-bond acceptors (Lipinski definition) is 5. The Morgan fingerprint density at radius 1 is 1.27 bits per heavy atom. The van der Waals surface area contributed by atoms with Crippen LogP contribution in [0.3, 0.4) is 0 Å². The molecule has 3 rings (SSSR count). The number of piperidine rings is 1. The largest absolute Gasteiger partial charge is 0.494 e. The van der Waals surface area contributed by atoms with Crippen LogP contribution in [-0.4, -0.2) is 52.9 Å². The van der Waals surface area contributed by atoms with E-state index in [4.69, 9.17) is 9.47 Å². The van der Waals surface area contributed by atoms with Gasteiger partial charge in [-0.05, 0) is 44.4 Å². The number of amides is 1. The molecule has 1 atom stereocenters. The van der Waals surface area contributed by atoms with Crippen molar-refractivity contribution < 1.29 is 19.1 Å². The highest BCUT2D eigenvalue weighted by Gasteiger charge is 2.44. The molecule has 1 saturated heterocycles. The zero-order valence-corrected chi connectivity index (χ0v) is 17.6. The van der Waals surface area contributed by atoms with Crippen LogP contribution >= 0.6 is 0 Å². The number of aryl methyl sites for hydroxylation is 1. The van der Waals surface area contributed by atoms with Gasteiger partial charge in [0.15, 0.2) is 0 Å². The molecule has 2 heterocycles. The number of carbonyl (C=O) groups excluding carboxylic acids is 2. The predicted molar refractivity (Wildman–Crippen MR) is 114 cm³/mol. The lowest BCUT2D eigenvalue weighted by atomic mass is 9.77. The Bertz CT molecular complexity index is 878. The third-order valence-electron chi connectivity index (χ3n) is 5.33. The number of hydrogen-bond donors (Lipinski definition) is 0. The Hall–Kier alpha value is -3.09. The van der Waals surface area contributed by atoms with Gasteiger partial charge in [0.2, 0.25) is 5.91 Å². The quantitative estimate of drug-likeness (QED) is 0.493. The average Bonchev–Trinajstić information content (AvgIpc) is 3.18. The fourth-order valence-corrected chi connectivity index (χ4v) is 3.76. The summed E-state index contributed by atoms with van der Waals surface area (Å²) in [6, 6.07) is 9.52. The number of nitrogens with zero attached hydrogens (tertiary/aromatic N) is 3. The molecule has 0 spiro atoms. The minimum absolute atomic E-state index is 0.115. The molecule has 1 aromatic carbocycles. The van der Waals surface area contributed by atoms with Gasteiger partial charge < -0.3 is 14.4 Å². The van der Waals surface area contributed by atoms with Crippen molar-refractivity contribution in [1.82, 2.24) is 14.7 Å². The molecule has 2 aromatic rings. The number of ether oxygens (including phenoxy) is 2. The highest BCUT2D eigenvalue weighted by molar-refractivity contribution is 5.92. The number of benzene rings is 1. The van der Waals surface area contributed by atoms with Crippen LogP contribution in [0.5, 0.6) is 5.75 Å². The van der Waals surface area contributed by atoms with Crippen molar-refractivity contribution in [2.45, 2.75) is 26.2 Å². The van der Waals surface area contributed by atoms with E-state index in [1.165, 1.54) is 0 Å². The van der Waals surface area contributed by atoms with E-state index in [1.54, 1.807) is 34.9 Å². The summed E-state index contributed by atoms with van der Waals surface area (Å²) in [5.74, 6) is 0.395. The Labute approximate surface area is 177 Å². The van der Waals surface area contributed by atoms with Crippen LogP contribution in [-0.2, 0) is 21.4 Å². The molecule has 7 heteroatoms. The van der Waals surface area contributed by atoms with Gasteiger partial charge in [-0.1, -0.05) is 18.2 Å². The fraction of sp³-hybridized carbons (Fsp3) is 0.435. The standard InChI is InChI=1S/C23H29N3O4/c1-3-29-22(28)23(13-15-30-20-8-5-4-6-9-20)12-7-14-26(18-23)21(27)11-10-19-16-24-25(2)17-19/h4-6,8-11,16-17H,3,7,12-15,18H2,1-2H3/b11-10+/t23-/m0/s1. The van der Waals surface area contributed by atoms with Gasteiger partial charge in [-0.2, -0.15) is 5.10 Å². The Balaban J connectivity index is 1.67. The van der Waals surface area contributed by atoms with Gasteiger partial charge in [-0.25, -0.2) is 0 Å². The molecule has 0 bridgehead atoms. The van der Waals surface area contributed by atoms with E-state index in [9.17, 15) is 9.59 Å². The summed E-state index contributed by atoms with van der Waals surface area (Å²) in [6.07, 6.45) is 8.74. The third kappa shape index (κ3) is 5.49. The van der Waals surface area contributed by atoms with Crippen molar-refractivity contribution in [2.75, 3.05) is 26.3 Å². The second-order valence-electron chi connectivity index (χ2n) is 7.56. The van der Waals surface area contributed by atoms with Gasteiger partial charge >= 0.3 is 5.97 Å².